The summed E-state index contributed by atoms with van der Waals surface area (Å²) in [6, 6.07) is 4.38. The molecular weight excluding hydrogens is 320 g/mol. The molecule has 1 fully saturated rings. The normalized spacial score (nSPS) is 14.3. The average molecular weight is 335 g/mol. The van der Waals surface area contributed by atoms with Gasteiger partial charge in [0.25, 0.3) is 0 Å². The predicted molar refractivity (Wildman–Crippen MR) is 79.7 cm³/mol. The number of methoxy groups -OCH3 is 1. The zero-order valence-corrected chi connectivity index (χ0v) is 13.0. The van der Waals surface area contributed by atoms with E-state index in [0.29, 0.717) is 11.6 Å². The van der Waals surface area contributed by atoms with Gasteiger partial charge in [0.05, 0.1) is 22.8 Å². The molecule has 2 heterocycles. The summed E-state index contributed by atoms with van der Waals surface area (Å²) >= 11 is 3.58. The molecule has 0 atom stereocenters. The lowest BCUT2D eigenvalue weighted by atomic mass is 10.2. The average Bonchev–Trinajstić information content (AvgIpc) is 3.25. The van der Waals surface area contributed by atoms with Crippen molar-refractivity contribution in [2.24, 2.45) is 0 Å². The Hall–Kier alpha value is -1.62. The number of halogens is 1. The van der Waals surface area contributed by atoms with Gasteiger partial charge in [0, 0.05) is 29.7 Å². The smallest absolute Gasteiger partial charge is 0.340 e. The first-order valence-electron chi connectivity index (χ1n) is 6.54. The molecule has 0 saturated heterocycles. The summed E-state index contributed by atoms with van der Waals surface area (Å²) in [6.45, 7) is 1.97. The number of carbonyl (C=O) groups is 1. The fraction of sp³-hybridized carbons (Fsp3) is 0.333. The van der Waals surface area contributed by atoms with Crippen LogP contribution >= 0.6 is 15.9 Å². The van der Waals surface area contributed by atoms with E-state index >= 15 is 0 Å². The zero-order valence-electron chi connectivity index (χ0n) is 11.4. The fourth-order valence-electron chi connectivity index (χ4n) is 2.57. The summed E-state index contributed by atoms with van der Waals surface area (Å²) in [5, 5.41) is 0. The molecule has 1 saturated carbocycles. The molecule has 0 spiro atoms. The molecule has 0 amide bonds. The molecule has 0 aromatic carbocycles. The van der Waals surface area contributed by atoms with Crippen LogP contribution < -0.4 is 0 Å². The number of carbonyl (C=O) groups excluding carboxylic acids is 1. The molecule has 1 aliphatic carbocycles. The number of rotatable bonds is 3. The number of esters is 1. The Balaban J connectivity index is 2.25. The van der Waals surface area contributed by atoms with E-state index in [9.17, 15) is 4.79 Å². The van der Waals surface area contributed by atoms with Crippen LogP contribution in [0.25, 0.3) is 11.3 Å². The maximum Gasteiger partial charge on any atom is 0.340 e. The van der Waals surface area contributed by atoms with Crippen LogP contribution in [-0.2, 0) is 4.74 Å². The Morgan fingerprint density at radius 3 is 2.80 bits per heavy atom. The highest BCUT2D eigenvalue weighted by molar-refractivity contribution is 9.10. The van der Waals surface area contributed by atoms with Crippen molar-refractivity contribution in [3.63, 3.8) is 0 Å². The highest BCUT2D eigenvalue weighted by Crippen LogP contribution is 2.45. The van der Waals surface area contributed by atoms with Crippen LogP contribution in [0.5, 0.6) is 0 Å². The molecule has 0 unspecified atom stereocenters. The molecule has 1 aliphatic rings. The minimum atomic E-state index is -0.307. The van der Waals surface area contributed by atoms with Gasteiger partial charge >= 0.3 is 5.97 Å². The number of ether oxygens (including phenoxy) is 1. The molecule has 2 aromatic rings. The summed E-state index contributed by atoms with van der Waals surface area (Å²) in [5.74, 6) is -0.307. The second kappa shape index (κ2) is 5.05. The zero-order chi connectivity index (χ0) is 14.3. The summed E-state index contributed by atoms with van der Waals surface area (Å²) in [4.78, 5) is 16.2. The first-order chi connectivity index (χ1) is 9.65. The molecule has 20 heavy (non-hydrogen) atoms. The van der Waals surface area contributed by atoms with E-state index in [4.69, 9.17) is 4.74 Å². The summed E-state index contributed by atoms with van der Waals surface area (Å²) < 4.78 is 7.93. The molecule has 4 nitrogen and oxygen atoms in total. The van der Waals surface area contributed by atoms with Gasteiger partial charge < -0.3 is 9.30 Å². The van der Waals surface area contributed by atoms with Gasteiger partial charge in [-0.2, -0.15) is 0 Å². The first kappa shape index (κ1) is 13.4. The Bertz CT molecular complexity index is 660. The largest absolute Gasteiger partial charge is 0.465 e. The van der Waals surface area contributed by atoms with Gasteiger partial charge in [-0.15, -0.1) is 0 Å². The van der Waals surface area contributed by atoms with Crippen LogP contribution in [0.2, 0.25) is 0 Å². The molecule has 2 aromatic heterocycles. The number of pyridine rings is 1. The van der Waals surface area contributed by atoms with E-state index in [1.165, 1.54) is 7.11 Å². The molecule has 3 rings (SSSR count). The first-order valence-corrected chi connectivity index (χ1v) is 7.33. The quantitative estimate of drug-likeness (QED) is 0.803. The van der Waals surface area contributed by atoms with Crippen molar-refractivity contribution in [3.8, 4) is 11.3 Å². The van der Waals surface area contributed by atoms with Crippen molar-refractivity contribution < 1.29 is 9.53 Å². The predicted octanol–water partition coefficient (Wildman–Crippen LogP) is 3.74. The molecule has 0 aliphatic heterocycles. The second-order valence-corrected chi connectivity index (χ2v) is 5.75. The monoisotopic (exact) mass is 334 g/mol. The standard InChI is InChI=1S/C15H15BrN2O2/c1-9-12(15(19)20-2)13(16)14(18(9)11-5-6-11)10-4-3-7-17-8-10/h3-4,7-8,11H,5-6H2,1-2H3. The highest BCUT2D eigenvalue weighted by Gasteiger charge is 2.33. The minimum absolute atomic E-state index is 0.307. The summed E-state index contributed by atoms with van der Waals surface area (Å²) in [6.07, 6.45) is 5.86. The third-order valence-corrected chi connectivity index (χ3v) is 4.40. The van der Waals surface area contributed by atoms with Crippen molar-refractivity contribution in [1.29, 1.82) is 0 Å². The lowest BCUT2D eigenvalue weighted by Gasteiger charge is -2.10. The van der Waals surface area contributed by atoms with Gasteiger partial charge in [-0.1, -0.05) is 0 Å². The van der Waals surface area contributed by atoms with Crippen LogP contribution in [0.3, 0.4) is 0 Å². The third-order valence-electron chi connectivity index (χ3n) is 3.63. The van der Waals surface area contributed by atoms with Crippen molar-refractivity contribution in [1.82, 2.24) is 9.55 Å². The number of hydrogen-bond acceptors (Lipinski definition) is 3. The molecule has 0 N–H and O–H groups in total. The third kappa shape index (κ3) is 2.06. The molecule has 5 heteroatoms. The highest BCUT2D eigenvalue weighted by atomic mass is 79.9. The van der Waals surface area contributed by atoms with Crippen LogP contribution in [0.4, 0.5) is 0 Å². The van der Waals surface area contributed by atoms with Gasteiger partial charge in [0.1, 0.15) is 0 Å². The molecule has 104 valence electrons. The van der Waals surface area contributed by atoms with Crippen molar-refractivity contribution in [2.45, 2.75) is 25.8 Å². The SMILES string of the molecule is COC(=O)c1c(Br)c(-c2cccnc2)n(C2CC2)c1C. The van der Waals surface area contributed by atoms with Crippen molar-refractivity contribution in [2.75, 3.05) is 7.11 Å². The number of hydrogen-bond donors (Lipinski definition) is 0. The summed E-state index contributed by atoms with van der Waals surface area (Å²) in [5.41, 5.74) is 3.58. The fourth-order valence-corrected chi connectivity index (χ4v) is 3.44. The van der Waals surface area contributed by atoms with Crippen LogP contribution in [0.15, 0.2) is 29.0 Å². The Morgan fingerprint density at radius 1 is 1.50 bits per heavy atom. The number of aromatic nitrogens is 2. The minimum Gasteiger partial charge on any atom is -0.465 e. The Labute approximate surface area is 125 Å². The van der Waals surface area contributed by atoms with Crippen LogP contribution in [0, 0.1) is 6.92 Å². The summed E-state index contributed by atoms with van der Waals surface area (Å²) in [7, 11) is 1.41. The van der Waals surface area contributed by atoms with Crippen LogP contribution in [0.1, 0.15) is 34.9 Å². The lowest BCUT2D eigenvalue weighted by Crippen LogP contribution is -2.05. The Morgan fingerprint density at radius 2 is 2.25 bits per heavy atom. The molecule has 0 bridgehead atoms. The molecular formula is C15H15BrN2O2. The van der Waals surface area contributed by atoms with E-state index in [0.717, 1.165) is 34.3 Å². The van der Waals surface area contributed by atoms with Gasteiger partial charge in [0.15, 0.2) is 0 Å². The van der Waals surface area contributed by atoms with E-state index in [1.807, 2.05) is 25.3 Å². The van der Waals surface area contributed by atoms with E-state index < -0.39 is 0 Å². The van der Waals surface area contributed by atoms with Crippen LogP contribution in [-0.4, -0.2) is 22.6 Å². The van der Waals surface area contributed by atoms with E-state index in [1.54, 1.807) is 6.20 Å². The van der Waals surface area contributed by atoms with Gasteiger partial charge in [0.2, 0.25) is 0 Å². The lowest BCUT2D eigenvalue weighted by molar-refractivity contribution is 0.0599. The van der Waals surface area contributed by atoms with Crippen molar-refractivity contribution in [3.05, 3.63) is 40.3 Å². The second-order valence-electron chi connectivity index (χ2n) is 4.96. The van der Waals surface area contributed by atoms with E-state index in [-0.39, 0.29) is 5.97 Å². The Kier molecular flexibility index (Phi) is 3.38. The topological polar surface area (TPSA) is 44.1 Å². The maximum atomic E-state index is 12.0. The molecule has 0 radical (unpaired) electrons. The maximum absolute atomic E-state index is 12.0. The van der Waals surface area contributed by atoms with Crippen molar-refractivity contribution >= 4 is 21.9 Å². The number of nitrogens with zero attached hydrogens (tertiary/aromatic N) is 2. The van der Waals surface area contributed by atoms with Gasteiger partial charge in [-0.3, -0.25) is 4.98 Å². The van der Waals surface area contributed by atoms with Gasteiger partial charge in [-0.25, -0.2) is 4.79 Å². The van der Waals surface area contributed by atoms with E-state index in [2.05, 4.69) is 25.5 Å². The van der Waals surface area contributed by atoms with Gasteiger partial charge in [-0.05, 0) is 47.8 Å².